The smallest absolute Gasteiger partial charge is 0.254 e. The Morgan fingerprint density at radius 2 is 2.03 bits per heavy atom. The molecule has 2 aromatic rings. The zero-order valence-electron chi connectivity index (χ0n) is 18.0. The number of rotatable bonds is 7. The van der Waals surface area contributed by atoms with E-state index in [0.29, 0.717) is 24.0 Å². The molecule has 9 heteroatoms. The van der Waals surface area contributed by atoms with Crippen LogP contribution in [0.3, 0.4) is 0 Å². The van der Waals surface area contributed by atoms with Gasteiger partial charge in [-0.05, 0) is 62.4 Å². The van der Waals surface area contributed by atoms with Crippen LogP contribution in [0.15, 0.2) is 30.5 Å². The second-order valence-electron chi connectivity index (χ2n) is 8.60. The third kappa shape index (κ3) is 5.26. The number of hydrogen-bond donors (Lipinski definition) is 2. The summed E-state index contributed by atoms with van der Waals surface area (Å²) in [4.78, 5) is 14.3. The second-order valence-corrected chi connectivity index (χ2v) is 8.60. The van der Waals surface area contributed by atoms with Crippen LogP contribution in [-0.2, 0) is 4.74 Å². The molecule has 0 bridgehead atoms. The number of ether oxygens (including phenoxy) is 1. The number of carbonyl (C=O) groups excluding carboxylic acids is 1. The highest BCUT2D eigenvalue weighted by Crippen LogP contribution is 2.31. The lowest BCUT2D eigenvalue weighted by atomic mass is 9.92. The first kappa shape index (κ1) is 22.2. The summed E-state index contributed by atoms with van der Waals surface area (Å²) in [5.74, 6) is -0.188. The Balaban J connectivity index is 1.43. The van der Waals surface area contributed by atoms with E-state index in [1.807, 2.05) is 0 Å². The van der Waals surface area contributed by atoms with E-state index in [-0.39, 0.29) is 23.3 Å². The van der Waals surface area contributed by atoms with Crippen LogP contribution < -0.4 is 11.1 Å². The number of nitrogens with one attached hydrogen (secondary N) is 1. The van der Waals surface area contributed by atoms with Crippen LogP contribution in [-0.4, -0.2) is 53.4 Å². The van der Waals surface area contributed by atoms with Gasteiger partial charge in [0, 0.05) is 38.2 Å². The molecule has 3 N–H and O–H groups in total. The minimum atomic E-state index is -0.608. The van der Waals surface area contributed by atoms with E-state index in [1.54, 1.807) is 23.0 Å². The number of likely N-dealkylation sites (tertiary alicyclic amines) is 1. The number of nitriles is 1. The molecular weight excluding hydrogens is 411 g/mol. The van der Waals surface area contributed by atoms with Gasteiger partial charge in [0.05, 0.1) is 18.0 Å². The fraction of sp³-hybridized carbons (Fsp3) is 0.522. The number of benzene rings is 1. The fourth-order valence-electron chi connectivity index (χ4n) is 4.56. The molecule has 0 saturated carbocycles. The molecule has 4 rings (SSSR count). The normalized spacial score (nSPS) is 22.4. The number of hydrogen-bond acceptors (Lipinski definition) is 6. The first-order valence-electron chi connectivity index (χ1n) is 11.1. The average molecular weight is 441 g/mol. The number of nitrogens with zero attached hydrogens (tertiary/aromatic N) is 4. The molecular formula is C23H29FN6O2. The number of piperidine rings is 1. The van der Waals surface area contributed by atoms with Gasteiger partial charge in [-0.1, -0.05) is 0 Å². The molecule has 2 aliphatic heterocycles. The van der Waals surface area contributed by atoms with Crippen LogP contribution in [0.4, 0.5) is 15.9 Å². The van der Waals surface area contributed by atoms with Gasteiger partial charge in [0.25, 0.3) is 5.91 Å². The van der Waals surface area contributed by atoms with E-state index in [2.05, 4.69) is 21.4 Å². The van der Waals surface area contributed by atoms with E-state index in [1.165, 1.54) is 12.1 Å². The van der Waals surface area contributed by atoms with Crippen LogP contribution >= 0.6 is 0 Å². The molecule has 2 aliphatic rings. The van der Waals surface area contributed by atoms with Crippen molar-refractivity contribution in [3.05, 3.63) is 41.8 Å². The predicted molar refractivity (Wildman–Crippen MR) is 118 cm³/mol. The molecule has 0 spiro atoms. The molecule has 1 amide bonds. The highest BCUT2D eigenvalue weighted by Gasteiger charge is 2.32. The van der Waals surface area contributed by atoms with E-state index in [0.717, 1.165) is 52.0 Å². The molecule has 1 aromatic carbocycles. The summed E-state index contributed by atoms with van der Waals surface area (Å²) in [6, 6.07) is 8.07. The van der Waals surface area contributed by atoms with Crippen molar-refractivity contribution in [2.75, 3.05) is 38.2 Å². The van der Waals surface area contributed by atoms with Gasteiger partial charge >= 0.3 is 0 Å². The molecule has 2 fully saturated rings. The Morgan fingerprint density at radius 3 is 2.72 bits per heavy atom. The molecule has 1 aromatic heterocycles. The van der Waals surface area contributed by atoms with Gasteiger partial charge in [-0.2, -0.15) is 10.4 Å². The lowest BCUT2D eigenvalue weighted by Crippen LogP contribution is -2.42. The molecule has 0 unspecified atom stereocenters. The van der Waals surface area contributed by atoms with Gasteiger partial charge in [-0.25, -0.2) is 4.39 Å². The summed E-state index contributed by atoms with van der Waals surface area (Å²) in [6.45, 7) is 4.24. The Labute approximate surface area is 187 Å². The first-order valence-corrected chi connectivity index (χ1v) is 11.1. The monoisotopic (exact) mass is 440 g/mol. The third-order valence-corrected chi connectivity index (χ3v) is 6.46. The summed E-state index contributed by atoms with van der Waals surface area (Å²) in [6.07, 6.45) is 5.74. The van der Waals surface area contributed by atoms with Crippen molar-refractivity contribution in [3.63, 3.8) is 0 Å². The van der Waals surface area contributed by atoms with Gasteiger partial charge < -0.3 is 20.7 Å². The highest BCUT2D eigenvalue weighted by atomic mass is 19.1. The number of halogens is 1. The second kappa shape index (κ2) is 10.1. The Hall–Kier alpha value is -2.96. The highest BCUT2D eigenvalue weighted by molar-refractivity contribution is 5.98. The van der Waals surface area contributed by atoms with E-state index in [4.69, 9.17) is 10.5 Å². The van der Waals surface area contributed by atoms with Crippen molar-refractivity contribution >= 4 is 17.4 Å². The Morgan fingerprint density at radius 1 is 1.28 bits per heavy atom. The van der Waals surface area contributed by atoms with Crippen molar-refractivity contribution < 1.29 is 13.9 Å². The first-order chi connectivity index (χ1) is 15.5. The quantitative estimate of drug-likeness (QED) is 0.685. The zero-order valence-corrected chi connectivity index (χ0v) is 18.0. The molecule has 2 saturated heterocycles. The van der Waals surface area contributed by atoms with Crippen molar-refractivity contribution in [3.8, 4) is 6.07 Å². The van der Waals surface area contributed by atoms with Crippen LogP contribution in [0.5, 0.6) is 0 Å². The summed E-state index contributed by atoms with van der Waals surface area (Å²) in [5, 5.41) is 17.4. The van der Waals surface area contributed by atoms with Gasteiger partial charge in [-0.15, -0.1) is 0 Å². The number of anilines is 2. The van der Waals surface area contributed by atoms with Crippen LogP contribution in [0.25, 0.3) is 0 Å². The van der Waals surface area contributed by atoms with Gasteiger partial charge in [0.2, 0.25) is 0 Å². The summed E-state index contributed by atoms with van der Waals surface area (Å²) in [5.41, 5.74) is 6.40. The van der Waals surface area contributed by atoms with E-state index >= 15 is 0 Å². The van der Waals surface area contributed by atoms with Gasteiger partial charge in [0.1, 0.15) is 11.4 Å². The summed E-state index contributed by atoms with van der Waals surface area (Å²) < 4.78 is 20.3. The van der Waals surface area contributed by atoms with Gasteiger partial charge in [-0.3, -0.25) is 9.48 Å². The van der Waals surface area contributed by atoms with E-state index < -0.39 is 5.91 Å². The standard InChI is InChI=1S/C23H29FN6O2/c24-18-1-3-19(4-2-18)27-23-20(22(26)31)15-30(28-23)21-6-10-29(14-17(21)13-25)9-5-16-7-11-32-12-8-16/h1-4,15-17,21H,5-12,14H2,(H2,26,31)(H,27,28)/t17-,21-/m0/s1. The minimum Gasteiger partial charge on any atom is -0.381 e. The van der Waals surface area contributed by atoms with Crippen LogP contribution in [0.2, 0.25) is 0 Å². The average Bonchev–Trinajstić information content (AvgIpc) is 3.23. The fourth-order valence-corrected chi connectivity index (χ4v) is 4.56. The number of aromatic nitrogens is 2. The number of primary amides is 1. The molecule has 8 nitrogen and oxygen atoms in total. The third-order valence-electron chi connectivity index (χ3n) is 6.46. The van der Waals surface area contributed by atoms with Crippen molar-refractivity contribution in [2.24, 2.45) is 17.6 Å². The summed E-state index contributed by atoms with van der Waals surface area (Å²) in [7, 11) is 0. The summed E-state index contributed by atoms with van der Waals surface area (Å²) >= 11 is 0. The predicted octanol–water partition coefficient (Wildman–Crippen LogP) is 3.07. The lowest BCUT2D eigenvalue weighted by molar-refractivity contribution is 0.0564. The molecule has 2 atom stereocenters. The van der Waals surface area contributed by atoms with Crippen LogP contribution in [0.1, 0.15) is 42.1 Å². The number of nitrogens with two attached hydrogens (primary N) is 1. The topological polar surface area (TPSA) is 109 Å². The van der Waals surface area contributed by atoms with Crippen molar-refractivity contribution in [2.45, 2.75) is 31.7 Å². The molecule has 32 heavy (non-hydrogen) atoms. The zero-order chi connectivity index (χ0) is 22.5. The Kier molecular flexibility index (Phi) is 7.02. The SMILES string of the molecule is N#C[C@H]1CN(CCC2CCOCC2)CC[C@@H]1n1cc(C(N)=O)c(Nc2ccc(F)cc2)n1. The maximum Gasteiger partial charge on any atom is 0.254 e. The van der Waals surface area contributed by atoms with Crippen LogP contribution in [0, 0.1) is 29.0 Å². The number of carbonyl (C=O) groups is 1. The van der Waals surface area contributed by atoms with Crippen molar-refractivity contribution in [1.82, 2.24) is 14.7 Å². The molecule has 0 radical (unpaired) electrons. The van der Waals surface area contributed by atoms with E-state index in [9.17, 15) is 14.4 Å². The molecule has 170 valence electrons. The van der Waals surface area contributed by atoms with Crippen molar-refractivity contribution in [1.29, 1.82) is 5.26 Å². The molecule has 3 heterocycles. The minimum absolute atomic E-state index is 0.138. The molecule has 0 aliphatic carbocycles. The van der Waals surface area contributed by atoms with Gasteiger partial charge in [0.15, 0.2) is 5.82 Å². The lowest BCUT2D eigenvalue weighted by Gasteiger charge is -2.36. The Bertz CT molecular complexity index is 964. The largest absolute Gasteiger partial charge is 0.381 e. The maximum atomic E-state index is 13.2. The maximum absolute atomic E-state index is 13.2. The number of amides is 1.